The monoisotopic (exact) mass is 272 g/mol. The summed E-state index contributed by atoms with van der Waals surface area (Å²) < 4.78 is 0. The van der Waals surface area contributed by atoms with Gasteiger partial charge in [-0.25, -0.2) is 0 Å². The smallest absolute Gasteiger partial charge is 0.232 e. The zero-order chi connectivity index (χ0) is 14.3. The van der Waals surface area contributed by atoms with Gasteiger partial charge in [-0.05, 0) is 31.6 Å². The zero-order valence-electron chi connectivity index (χ0n) is 12.4. The molecular weight excluding hydrogens is 244 g/mol. The van der Waals surface area contributed by atoms with Gasteiger partial charge in [0, 0.05) is 13.1 Å². The second-order valence-corrected chi connectivity index (χ2v) is 6.29. The topological polar surface area (TPSA) is 46.3 Å². The highest BCUT2D eigenvalue weighted by Crippen LogP contribution is 2.10. The van der Waals surface area contributed by atoms with E-state index < -0.39 is 0 Å². The molecule has 0 heterocycles. The highest BCUT2D eigenvalue weighted by atomic mass is 32.1. The van der Waals surface area contributed by atoms with Crippen molar-refractivity contribution >= 4 is 23.1 Å². The molecule has 0 aromatic carbocycles. The number of nitrogens with two attached hydrogens (primary N) is 1. The maximum atomic E-state index is 12.3. The Morgan fingerprint density at radius 2 is 1.44 bits per heavy atom. The van der Waals surface area contributed by atoms with Crippen LogP contribution >= 0.6 is 12.2 Å². The summed E-state index contributed by atoms with van der Waals surface area (Å²) in [6.45, 7) is 12.1. The molecule has 18 heavy (non-hydrogen) atoms. The van der Waals surface area contributed by atoms with Crippen molar-refractivity contribution in [2.45, 2.75) is 47.5 Å². The molecule has 3 nitrogen and oxygen atoms in total. The molecule has 1 atom stereocenters. The van der Waals surface area contributed by atoms with Gasteiger partial charge in [-0.3, -0.25) is 4.79 Å². The van der Waals surface area contributed by atoms with E-state index in [1.807, 2.05) is 4.90 Å². The van der Waals surface area contributed by atoms with Gasteiger partial charge in [-0.15, -0.1) is 0 Å². The van der Waals surface area contributed by atoms with E-state index in [0.717, 1.165) is 25.9 Å². The molecule has 0 saturated carbocycles. The summed E-state index contributed by atoms with van der Waals surface area (Å²) in [6, 6.07) is 0. The van der Waals surface area contributed by atoms with Crippen molar-refractivity contribution < 1.29 is 4.79 Å². The average Bonchev–Trinajstić information content (AvgIpc) is 2.26. The lowest BCUT2D eigenvalue weighted by Gasteiger charge is -2.27. The number of rotatable bonds is 8. The van der Waals surface area contributed by atoms with E-state index in [2.05, 4.69) is 27.7 Å². The second kappa shape index (κ2) is 8.46. The minimum atomic E-state index is -0.348. The summed E-state index contributed by atoms with van der Waals surface area (Å²) in [5.41, 5.74) is 5.57. The van der Waals surface area contributed by atoms with Crippen molar-refractivity contribution in [1.82, 2.24) is 4.90 Å². The van der Waals surface area contributed by atoms with E-state index in [4.69, 9.17) is 18.0 Å². The molecule has 0 saturated heterocycles. The van der Waals surface area contributed by atoms with E-state index in [1.54, 1.807) is 6.92 Å². The molecule has 0 aliphatic rings. The van der Waals surface area contributed by atoms with Gasteiger partial charge in [-0.1, -0.05) is 39.9 Å². The van der Waals surface area contributed by atoms with Crippen LogP contribution in [0.5, 0.6) is 0 Å². The minimum Gasteiger partial charge on any atom is -0.393 e. The fraction of sp³-hybridized carbons (Fsp3) is 0.857. The molecule has 106 valence electrons. The Kier molecular flexibility index (Phi) is 8.16. The number of nitrogens with zero attached hydrogens (tertiary/aromatic N) is 1. The van der Waals surface area contributed by atoms with Crippen molar-refractivity contribution in [2.24, 2.45) is 23.5 Å². The first-order valence-electron chi connectivity index (χ1n) is 6.83. The number of hydrogen-bond acceptors (Lipinski definition) is 2. The lowest BCUT2D eigenvalue weighted by Crippen LogP contribution is -2.41. The molecule has 0 rings (SSSR count). The zero-order valence-corrected chi connectivity index (χ0v) is 13.2. The maximum absolute atomic E-state index is 12.3. The molecule has 1 unspecified atom stereocenters. The summed E-state index contributed by atoms with van der Waals surface area (Å²) in [5, 5.41) is 0. The van der Waals surface area contributed by atoms with Crippen molar-refractivity contribution in [3.63, 3.8) is 0 Å². The molecule has 0 fully saturated rings. The maximum Gasteiger partial charge on any atom is 0.232 e. The molecule has 4 heteroatoms. The first kappa shape index (κ1) is 17.4. The standard InChI is InChI=1S/C14H28N2OS/c1-10(2)6-8-16(9-7-11(3)4)14(17)12(5)13(15)18/h10-12H,6-9H2,1-5H3,(H2,15,18). The van der Waals surface area contributed by atoms with Crippen LogP contribution in [-0.2, 0) is 4.79 Å². The lowest BCUT2D eigenvalue weighted by molar-refractivity contribution is -0.133. The van der Waals surface area contributed by atoms with E-state index >= 15 is 0 Å². The Hall–Kier alpha value is -0.640. The molecule has 0 aliphatic heterocycles. The van der Waals surface area contributed by atoms with Crippen LogP contribution in [0.1, 0.15) is 47.5 Å². The fourth-order valence-corrected chi connectivity index (χ4v) is 1.66. The van der Waals surface area contributed by atoms with Gasteiger partial charge < -0.3 is 10.6 Å². The van der Waals surface area contributed by atoms with E-state index in [1.165, 1.54) is 0 Å². The molecule has 0 aliphatic carbocycles. The third-order valence-corrected chi connectivity index (χ3v) is 3.42. The number of hydrogen-bond donors (Lipinski definition) is 1. The molecule has 0 bridgehead atoms. The second-order valence-electron chi connectivity index (χ2n) is 5.81. The molecule has 0 radical (unpaired) electrons. The predicted octanol–water partition coefficient (Wildman–Crippen LogP) is 2.83. The summed E-state index contributed by atoms with van der Waals surface area (Å²) in [5.74, 6) is 0.919. The summed E-state index contributed by atoms with van der Waals surface area (Å²) in [7, 11) is 0. The molecular formula is C14H28N2OS. The Balaban J connectivity index is 4.52. The van der Waals surface area contributed by atoms with Gasteiger partial charge in [-0.2, -0.15) is 0 Å². The van der Waals surface area contributed by atoms with Crippen LogP contribution in [0.2, 0.25) is 0 Å². The number of amides is 1. The Morgan fingerprint density at radius 3 is 1.72 bits per heavy atom. The number of carbonyl (C=O) groups is 1. The first-order valence-corrected chi connectivity index (χ1v) is 7.24. The van der Waals surface area contributed by atoms with E-state index in [-0.39, 0.29) is 11.8 Å². The van der Waals surface area contributed by atoms with Crippen LogP contribution < -0.4 is 5.73 Å². The molecule has 0 aromatic heterocycles. The fourth-order valence-electron chi connectivity index (χ4n) is 1.56. The van der Waals surface area contributed by atoms with Crippen molar-refractivity contribution in [3.8, 4) is 0 Å². The first-order chi connectivity index (χ1) is 8.25. The normalized spacial score (nSPS) is 12.8. The van der Waals surface area contributed by atoms with Crippen molar-refractivity contribution in [1.29, 1.82) is 0 Å². The van der Waals surface area contributed by atoms with Gasteiger partial charge in [0.1, 0.15) is 0 Å². The number of carbonyl (C=O) groups excluding carboxylic acids is 1. The third kappa shape index (κ3) is 6.94. The molecule has 2 N–H and O–H groups in total. The van der Waals surface area contributed by atoms with Crippen LogP contribution in [0.25, 0.3) is 0 Å². The Labute approximate surface area is 117 Å². The van der Waals surface area contributed by atoms with Crippen LogP contribution in [-0.4, -0.2) is 28.9 Å². The van der Waals surface area contributed by atoms with Gasteiger partial charge in [0.05, 0.1) is 10.9 Å². The Morgan fingerprint density at radius 1 is 1.06 bits per heavy atom. The summed E-state index contributed by atoms with van der Waals surface area (Å²) in [4.78, 5) is 14.5. The lowest BCUT2D eigenvalue weighted by atomic mass is 10.1. The van der Waals surface area contributed by atoms with Crippen LogP contribution in [0.4, 0.5) is 0 Å². The van der Waals surface area contributed by atoms with Crippen LogP contribution in [0.3, 0.4) is 0 Å². The van der Waals surface area contributed by atoms with Gasteiger partial charge in [0.2, 0.25) is 5.91 Å². The third-order valence-electron chi connectivity index (χ3n) is 3.06. The van der Waals surface area contributed by atoms with E-state index in [0.29, 0.717) is 16.8 Å². The van der Waals surface area contributed by atoms with Crippen molar-refractivity contribution in [2.75, 3.05) is 13.1 Å². The number of thiocarbonyl (C=S) groups is 1. The van der Waals surface area contributed by atoms with Gasteiger partial charge in [0.25, 0.3) is 0 Å². The minimum absolute atomic E-state index is 0.0730. The van der Waals surface area contributed by atoms with Crippen LogP contribution in [0.15, 0.2) is 0 Å². The quantitative estimate of drug-likeness (QED) is 0.691. The predicted molar refractivity (Wildman–Crippen MR) is 81.4 cm³/mol. The van der Waals surface area contributed by atoms with Crippen LogP contribution in [0, 0.1) is 17.8 Å². The largest absolute Gasteiger partial charge is 0.393 e. The SMILES string of the molecule is CC(C)CCN(CCC(C)C)C(=O)C(C)C(N)=S. The summed E-state index contributed by atoms with van der Waals surface area (Å²) in [6.07, 6.45) is 2.04. The molecule has 0 aromatic rings. The highest BCUT2D eigenvalue weighted by molar-refractivity contribution is 7.80. The van der Waals surface area contributed by atoms with Crippen molar-refractivity contribution in [3.05, 3.63) is 0 Å². The van der Waals surface area contributed by atoms with E-state index in [9.17, 15) is 4.79 Å². The highest BCUT2D eigenvalue weighted by Gasteiger charge is 2.22. The van der Waals surface area contributed by atoms with Gasteiger partial charge >= 0.3 is 0 Å². The van der Waals surface area contributed by atoms with Gasteiger partial charge in [0.15, 0.2) is 0 Å². The molecule has 0 spiro atoms. The summed E-state index contributed by atoms with van der Waals surface area (Å²) >= 11 is 4.92. The Bertz CT molecular complexity index is 265. The molecule has 1 amide bonds. The average molecular weight is 272 g/mol.